The van der Waals surface area contributed by atoms with Crippen molar-refractivity contribution in [3.63, 3.8) is 0 Å². The molecule has 2 aromatic carbocycles. The Morgan fingerprint density at radius 1 is 1.29 bits per heavy atom. The molecule has 9 heteroatoms. The average Bonchev–Trinajstić information content (AvgIpc) is 3.28. The summed E-state index contributed by atoms with van der Waals surface area (Å²) in [6.07, 6.45) is 6.87. The Bertz CT molecular complexity index is 1090. The third-order valence-electron chi connectivity index (χ3n) is 5.35. The Morgan fingerprint density at radius 3 is 2.69 bits per heavy atom. The minimum Gasteiger partial charge on any atom is -0.515 e. The van der Waals surface area contributed by atoms with Crippen LogP contribution in [0.2, 0.25) is 5.02 Å². The number of rotatable bonds is 10. The molecular weight excluding hydrogens is 500 g/mol. The van der Waals surface area contributed by atoms with E-state index in [0.29, 0.717) is 53.0 Å². The summed E-state index contributed by atoms with van der Waals surface area (Å²) in [5, 5.41) is 9.08. The number of nitriles is 1. The van der Waals surface area contributed by atoms with Crippen LogP contribution >= 0.6 is 23.2 Å². The third-order valence-corrected chi connectivity index (χ3v) is 6.76. The first-order valence-electron chi connectivity index (χ1n) is 10.9. The SMILES string of the molecule is N#Cc1c[c-]cc(Cl)c1OCCCl.[CH-]=Cc1[c-]ccc(OCC2CCC(CCS(C)(=O)=O)C2)c1.[Li+]. The zero-order chi connectivity index (χ0) is 25.0. The zero-order valence-corrected chi connectivity index (χ0v) is 22.4. The van der Waals surface area contributed by atoms with Gasteiger partial charge in [-0.05, 0) is 41.7 Å². The van der Waals surface area contributed by atoms with Crippen molar-refractivity contribution in [2.24, 2.45) is 11.8 Å². The van der Waals surface area contributed by atoms with Gasteiger partial charge in [0.1, 0.15) is 9.84 Å². The maximum atomic E-state index is 11.2. The van der Waals surface area contributed by atoms with E-state index in [2.05, 4.69) is 12.1 Å². The van der Waals surface area contributed by atoms with Gasteiger partial charge in [0, 0.05) is 23.8 Å². The molecule has 0 saturated heterocycles. The summed E-state index contributed by atoms with van der Waals surface area (Å²) in [7, 11) is -2.84. The summed E-state index contributed by atoms with van der Waals surface area (Å²) < 4.78 is 33.4. The van der Waals surface area contributed by atoms with E-state index in [9.17, 15) is 8.42 Å². The number of alkyl halides is 1. The molecule has 0 radical (unpaired) electrons. The van der Waals surface area contributed by atoms with E-state index < -0.39 is 9.84 Å². The van der Waals surface area contributed by atoms with Crippen molar-refractivity contribution in [3.05, 3.63) is 65.2 Å². The van der Waals surface area contributed by atoms with Crippen LogP contribution < -0.4 is 28.3 Å². The van der Waals surface area contributed by atoms with Gasteiger partial charge in [-0.3, -0.25) is 0 Å². The summed E-state index contributed by atoms with van der Waals surface area (Å²) in [4.78, 5) is 0. The summed E-state index contributed by atoms with van der Waals surface area (Å²) in [5.74, 6) is 2.89. The molecule has 184 valence electrons. The topological polar surface area (TPSA) is 76.4 Å². The van der Waals surface area contributed by atoms with Crippen LogP contribution in [0.25, 0.3) is 6.08 Å². The molecule has 2 atom stereocenters. The first-order chi connectivity index (χ1) is 16.3. The Hall–Kier alpha value is -1.60. The van der Waals surface area contributed by atoms with Crippen LogP contribution in [0, 0.1) is 41.9 Å². The summed E-state index contributed by atoms with van der Waals surface area (Å²) in [6.45, 7) is 6.48. The standard InChI is InChI=1S/C17H22O3S.C9H6Cl2NO.Li/c1-3-14-5-4-6-17(12-14)20-13-16-8-7-15(11-16)9-10-21(2,18)19;10-4-5-13-9-7(6-12)2-1-3-8(9)11;/h1,3-4,6,12,15-16H,7-11,13H2,2H3;2-3H,4-5H2;/q-2;-1;+1. The van der Waals surface area contributed by atoms with E-state index in [1.807, 2.05) is 18.2 Å². The fraction of sp³-hybridized carbons (Fsp3) is 0.423. The van der Waals surface area contributed by atoms with Crippen molar-refractivity contribution in [2.45, 2.75) is 25.7 Å². The summed E-state index contributed by atoms with van der Waals surface area (Å²) in [5.41, 5.74) is 1.20. The Balaban J connectivity index is 0.000000378. The molecule has 3 rings (SSSR count). The molecular formula is C26H28Cl2LiNO4S-2. The number of hydrogen-bond donors (Lipinski definition) is 0. The van der Waals surface area contributed by atoms with Crippen LogP contribution in [0.3, 0.4) is 0 Å². The van der Waals surface area contributed by atoms with Gasteiger partial charge in [-0.1, -0.05) is 6.42 Å². The van der Waals surface area contributed by atoms with Crippen LogP contribution in [-0.2, 0) is 9.84 Å². The molecule has 1 saturated carbocycles. The molecule has 2 aromatic rings. The van der Waals surface area contributed by atoms with Crippen molar-refractivity contribution < 1.29 is 36.8 Å². The van der Waals surface area contributed by atoms with Crippen LogP contribution in [0.4, 0.5) is 0 Å². The molecule has 1 fully saturated rings. The molecule has 0 aromatic heterocycles. The monoisotopic (exact) mass is 527 g/mol. The normalized spacial score (nSPS) is 16.7. The van der Waals surface area contributed by atoms with E-state index in [-0.39, 0.29) is 18.9 Å². The smallest absolute Gasteiger partial charge is 0.515 e. The second-order valence-electron chi connectivity index (χ2n) is 8.12. The molecule has 0 aliphatic heterocycles. The van der Waals surface area contributed by atoms with E-state index in [0.717, 1.165) is 37.0 Å². The van der Waals surface area contributed by atoms with Crippen molar-refractivity contribution in [1.29, 1.82) is 5.26 Å². The summed E-state index contributed by atoms with van der Waals surface area (Å²) >= 11 is 11.2. The van der Waals surface area contributed by atoms with Crippen molar-refractivity contribution in [2.75, 3.05) is 31.1 Å². The van der Waals surface area contributed by atoms with Gasteiger partial charge < -0.3 is 27.7 Å². The quantitative estimate of drug-likeness (QED) is 0.270. The zero-order valence-electron chi connectivity index (χ0n) is 20.1. The van der Waals surface area contributed by atoms with Crippen LogP contribution in [-0.4, -0.2) is 39.5 Å². The van der Waals surface area contributed by atoms with Gasteiger partial charge in [0.2, 0.25) is 0 Å². The molecule has 1 aliphatic carbocycles. The minimum atomic E-state index is -2.84. The largest absolute Gasteiger partial charge is 1.00 e. The molecule has 5 nitrogen and oxygen atoms in total. The molecule has 0 heterocycles. The van der Waals surface area contributed by atoms with Gasteiger partial charge in [-0.25, -0.2) is 19.7 Å². The molecule has 0 N–H and O–H groups in total. The Labute approximate surface area is 231 Å². The second kappa shape index (κ2) is 16.2. The van der Waals surface area contributed by atoms with Gasteiger partial charge in [0.15, 0.2) is 0 Å². The predicted molar refractivity (Wildman–Crippen MR) is 136 cm³/mol. The van der Waals surface area contributed by atoms with Crippen molar-refractivity contribution >= 4 is 39.1 Å². The second-order valence-corrected chi connectivity index (χ2v) is 11.2. The molecule has 0 spiro atoms. The molecule has 35 heavy (non-hydrogen) atoms. The number of nitrogens with zero attached hydrogens (tertiary/aromatic N) is 1. The molecule has 0 amide bonds. The Kier molecular flexibility index (Phi) is 14.5. The molecule has 0 bridgehead atoms. The van der Waals surface area contributed by atoms with E-state index >= 15 is 0 Å². The fourth-order valence-electron chi connectivity index (χ4n) is 3.66. The first-order valence-corrected chi connectivity index (χ1v) is 13.9. The van der Waals surface area contributed by atoms with E-state index in [4.69, 9.17) is 44.5 Å². The van der Waals surface area contributed by atoms with Gasteiger partial charge in [-0.15, -0.1) is 17.7 Å². The predicted octanol–water partition coefficient (Wildman–Crippen LogP) is 2.80. The van der Waals surface area contributed by atoms with Crippen molar-refractivity contribution in [1.82, 2.24) is 0 Å². The minimum absolute atomic E-state index is 0. The average molecular weight is 528 g/mol. The van der Waals surface area contributed by atoms with Gasteiger partial charge in [-0.2, -0.15) is 41.9 Å². The number of sulfone groups is 1. The van der Waals surface area contributed by atoms with Crippen LogP contribution in [0.15, 0.2) is 30.3 Å². The van der Waals surface area contributed by atoms with Crippen LogP contribution in [0.5, 0.6) is 11.5 Å². The fourth-order valence-corrected chi connectivity index (χ4v) is 4.72. The Morgan fingerprint density at radius 2 is 2.03 bits per heavy atom. The van der Waals surface area contributed by atoms with E-state index in [1.54, 1.807) is 12.1 Å². The van der Waals surface area contributed by atoms with Gasteiger partial charge >= 0.3 is 18.9 Å². The first kappa shape index (κ1) is 31.4. The number of halogens is 2. The van der Waals surface area contributed by atoms with Gasteiger partial charge in [0.25, 0.3) is 0 Å². The third kappa shape index (κ3) is 11.8. The maximum absolute atomic E-state index is 11.2. The van der Waals surface area contributed by atoms with Crippen molar-refractivity contribution in [3.8, 4) is 17.6 Å². The summed E-state index contributed by atoms with van der Waals surface area (Å²) in [6, 6.07) is 16.3. The van der Waals surface area contributed by atoms with Crippen LogP contribution in [0.1, 0.15) is 36.8 Å². The number of hydrogen-bond acceptors (Lipinski definition) is 5. The maximum Gasteiger partial charge on any atom is 1.00 e. The van der Waals surface area contributed by atoms with E-state index in [1.165, 1.54) is 18.4 Å². The van der Waals surface area contributed by atoms with Gasteiger partial charge in [0.05, 0.1) is 24.8 Å². The molecule has 1 aliphatic rings. The molecule has 2 unspecified atom stereocenters. The number of benzene rings is 2. The number of ether oxygens (including phenoxy) is 2.